The lowest BCUT2D eigenvalue weighted by molar-refractivity contribution is -0.146. The fourth-order valence-electron chi connectivity index (χ4n) is 1.73. The number of hydrogen-bond donors (Lipinski definition) is 3. The van der Waals surface area contributed by atoms with Crippen LogP contribution < -0.4 is 5.32 Å². The molecule has 1 fully saturated rings. The Morgan fingerprint density at radius 1 is 1.35 bits per heavy atom. The fraction of sp³-hybridized carbons (Fsp3) is 0.800. The number of carboxylic acid groups (broad SMARTS) is 1. The summed E-state index contributed by atoms with van der Waals surface area (Å²) in [6.07, 6.45) is -2.15. The summed E-state index contributed by atoms with van der Waals surface area (Å²) in [5.74, 6) is -5.12. The van der Waals surface area contributed by atoms with Crippen molar-refractivity contribution in [2.45, 2.75) is 37.7 Å². The predicted octanol–water partition coefficient (Wildman–Crippen LogP) is 0.374. The maximum atomic E-state index is 12.8. The third-order valence-electron chi connectivity index (χ3n) is 2.84. The van der Waals surface area contributed by atoms with Crippen LogP contribution in [0.25, 0.3) is 0 Å². The highest BCUT2D eigenvalue weighted by Crippen LogP contribution is 2.36. The first-order chi connectivity index (χ1) is 7.82. The highest BCUT2D eigenvalue weighted by molar-refractivity contribution is 5.80. The van der Waals surface area contributed by atoms with Crippen molar-refractivity contribution in [3.8, 4) is 0 Å². The standard InChI is InChI=1S/C10H15F2NO4/c11-10(12)3-1-6(2-4-10)8(15)13-5-7(14)9(16)17/h6-7,14H,1-5H2,(H,13,15)(H,16,17). The van der Waals surface area contributed by atoms with Gasteiger partial charge in [-0.05, 0) is 12.8 Å². The summed E-state index contributed by atoms with van der Waals surface area (Å²) >= 11 is 0. The lowest BCUT2D eigenvalue weighted by atomic mass is 9.86. The highest BCUT2D eigenvalue weighted by atomic mass is 19.3. The van der Waals surface area contributed by atoms with E-state index in [1.807, 2.05) is 0 Å². The maximum Gasteiger partial charge on any atom is 0.334 e. The second kappa shape index (κ2) is 5.39. The molecule has 1 aliphatic rings. The molecule has 7 heteroatoms. The lowest BCUT2D eigenvalue weighted by Crippen LogP contribution is -2.41. The van der Waals surface area contributed by atoms with Crippen LogP contribution in [0.5, 0.6) is 0 Å². The molecular formula is C10H15F2NO4. The van der Waals surface area contributed by atoms with Gasteiger partial charge in [0.25, 0.3) is 0 Å². The SMILES string of the molecule is O=C(O)C(O)CNC(=O)C1CCC(F)(F)CC1. The van der Waals surface area contributed by atoms with Gasteiger partial charge in [-0.1, -0.05) is 0 Å². The summed E-state index contributed by atoms with van der Waals surface area (Å²) in [4.78, 5) is 21.7. The summed E-state index contributed by atoms with van der Waals surface area (Å²) in [5.41, 5.74) is 0. The molecule has 17 heavy (non-hydrogen) atoms. The Morgan fingerprint density at radius 2 is 1.88 bits per heavy atom. The van der Waals surface area contributed by atoms with Crippen molar-refractivity contribution >= 4 is 11.9 Å². The average molecular weight is 251 g/mol. The van der Waals surface area contributed by atoms with E-state index >= 15 is 0 Å². The Hall–Kier alpha value is -1.24. The van der Waals surface area contributed by atoms with Crippen molar-refractivity contribution in [2.75, 3.05) is 6.54 Å². The fourth-order valence-corrected chi connectivity index (χ4v) is 1.73. The first kappa shape index (κ1) is 13.8. The maximum absolute atomic E-state index is 12.8. The number of aliphatic hydroxyl groups is 1. The van der Waals surface area contributed by atoms with Crippen molar-refractivity contribution in [2.24, 2.45) is 5.92 Å². The third kappa shape index (κ3) is 4.26. The predicted molar refractivity (Wildman–Crippen MR) is 53.6 cm³/mol. The molecule has 0 aromatic carbocycles. The number of carbonyl (C=O) groups is 2. The number of rotatable bonds is 4. The summed E-state index contributed by atoms with van der Waals surface area (Å²) < 4.78 is 25.6. The van der Waals surface area contributed by atoms with Crippen molar-refractivity contribution in [1.29, 1.82) is 0 Å². The highest BCUT2D eigenvalue weighted by Gasteiger charge is 2.37. The third-order valence-corrected chi connectivity index (χ3v) is 2.84. The minimum Gasteiger partial charge on any atom is -0.479 e. The van der Waals surface area contributed by atoms with Crippen LogP contribution in [0.1, 0.15) is 25.7 Å². The smallest absolute Gasteiger partial charge is 0.334 e. The van der Waals surface area contributed by atoms with Crippen LogP contribution in [-0.2, 0) is 9.59 Å². The van der Waals surface area contributed by atoms with Crippen molar-refractivity contribution in [3.63, 3.8) is 0 Å². The van der Waals surface area contributed by atoms with Gasteiger partial charge in [-0.15, -0.1) is 0 Å². The Balaban J connectivity index is 2.32. The molecule has 0 radical (unpaired) electrons. The van der Waals surface area contributed by atoms with E-state index in [0.717, 1.165) is 0 Å². The second-order valence-electron chi connectivity index (χ2n) is 4.23. The normalized spacial score (nSPS) is 21.8. The van der Waals surface area contributed by atoms with Crippen LogP contribution in [0, 0.1) is 5.92 Å². The Bertz CT molecular complexity index is 299. The average Bonchev–Trinajstić information content (AvgIpc) is 2.25. The molecule has 0 heterocycles. The molecule has 0 saturated heterocycles. The molecule has 1 aliphatic carbocycles. The van der Waals surface area contributed by atoms with Crippen LogP contribution in [0.2, 0.25) is 0 Å². The van der Waals surface area contributed by atoms with E-state index in [1.165, 1.54) is 0 Å². The number of aliphatic hydroxyl groups excluding tert-OH is 1. The molecular weight excluding hydrogens is 236 g/mol. The Morgan fingerprint density at radius 3 is 2.35 bits per heavy atom. The van der Waals surface area contributed by atoms with Gasteiger partial charge < -0.3 is 15.5 Å². The molecule has 0 aromatic rings. The van der Waals surface area contributed by atoms with Crippen LogP contribution in [0.4, 0.5) is 8.78 Å². The van der Waals surface area contributed by atoms with E-state index in [2.05, 4.69) is 5.32 Å². The van der Waals surface area contributed by atoms with Crippen molar-refractivity contribution < 1.29 is 28.6 Å². The molecule has 1 rings (SSSR count). The minimum atomic E-state index is -2.70. The second-order valence-corrected chi connectivity index (χ2v) is 4.23. The molecule has 1 saturated carbocycles. The van der Waals surface area contributed by atoms with Gasteiger partial charge in [0.1, 0.15) is 0 Å². The van der Waals surface area contributed by atoms with E-state index in [0.29, 0.717) is 0 Å². The molecule has 98 valence electrons. The molecule has 0 bridgehead atoms. The topological polar surface area (TPSA) is 86.6 Å². The van der Waals surface area contributed by atoms with E-state index in [1.54, 1.807) is 0 Å². The molecule has 0 spiro atoms. The number of amides is 1. The van der Waals surface area contributed by atoms with Gasteiger partial charge in [0, 0.05) is 18.8 Å². The summed E-state index contributed by atoms with van der Waals surface area (Å²) in [5, 5.41) is 19.5. The number of nitrogens with one attached hydrogen (secondary N) is 1. The Labute approximate surface area is 96.8 Å². The zero-order valence-electron chi connectivity index (χ0n) is 9.16. The van der Waals surface area contributed by atoms with Crippen molar-refractivity contribution in [3.05, 3.63) is 0 Å². The van der Waals surface area contributed by atoms with E-state index in [4.69, 9.17) is 10.2 Å². The summed E-state index contributed by atoms with van der Waals surface area (Å²) in [7, 11) is 0. The first-order valence-electron chi connectivity index (χ1n) is 5.38. The number of carboxylic acids is 1. The number of alkyl halides is 2. The largest absolute Gasteiger partial charge is 0.479 e. The van der Waals surface area contributed by atoms with E-state index in [-0.39, 0.29) is 25.7 Å². The molecule has 3 N–H and O–H groups in total. The van der Waals surface area contributed by atoms with E-state index in [9.17, 15) is 18.4 Å². The molecule has 5 nitrogen and oxygen atoms in total. The van der Waals surface area contributed by atoms with Gasteiger partial charge in [0.15, 0.2) is 6.10 Å². The number of halogens is 2. The molecule has 0 aromatic heterocycles. The zero-order valence-corrected chi connectivity index (χ0v) is 9.16. The molecule has 1 unspecified atom stereocenters. The van der Waals surface area contributed by atoms with Crippen LogP contribution in [-0.4, -0.2) is 40.7 Å². The molecule has 1 atom stereocenters. The number of aliphatic carboxylic acids is 1. The first-order valence-corrected chi connectivity index (χ1v) is 5.38. The quantitative estimate of drug-likeness (QED) is 0.674. The van der Waals surface area contributed by atoms with E-state index < -0.39 is 36.4 Å². The van der Waals surface area contributed by atoms with Gasteiger partial charge >= 0.3 is 5.97 Å². The number of carbonyl (C=O) groups excluding carboxylic acids is 1. The van der Waals surface area contributed by atoms with Gasteiger partial charge in [0.2, 0.25) is 11.8 Å². The molecule has 0 aliphatic heterocycles. The number of hydrogen-bond acceptors (Lipinski definition) is 3. The molecule has 1 amide bonds. The van der Waals surface area contributed by atoms with Crippen LogP contribution in [0.3, 0.4) is 0 Å². The lowest BCUT2D eigenvalue weighted by Gasteiger charge is -2.27. The van der Waals surface area contributed by atoms with Gasteiger partial charge in [-0.25, -0.2) is 13.6 Å². The van der Waals surface area contributed by atoms with Crippen LogP contribution >= 0.6 is 0 Å². The minimum absolute atomic E-state index is 0.0853. The van der Waals surface area contributed by atoms with Gasteiger partial charge in [-0.3, -0.25) is 4.79 Å². The zero-order chi connectivity index (χ0) is 13.1. The monoisotopic (exact) mass is 251 g/mol. The van der Waals surface area contributed by atoms with Crippen molar-refractivity contribution in [1.82, 2.24) is 5.32 Å². The van der Waals surface area contributed by atoms with Crippen LogP contribution in [0.15, 0.2) is 0 Å². The van der Waals surface area contributed by atoms with Gasteiger partial charge in [-0.2, -0.15) is 0 Å². The summed E-state index contributed by atoms with van der Waals surface area (Å²) in [6.45, 7) is -0.402. The van der Waals surface area contributed by atoms with Gasteiger partial charge in [0.05, 0.1) is 6.54 Å². The Kier molecular flexibility index (Phi) is 4.39. The summed E-state index contributed by atoms with van der Waals surface area (Å²) in [6, 6.07) is 0.